The average molecular weight is 358 g/mol. The van der Waals surface area contributed by atoms with Gasteiger partial charge in [0.2, 0.25) is 4.77 Å². The van der Waals surface area contributed by atoms with Gasteiger partial charge in [0.1, 0.15) is 5.69 Å². The van der Waals surface area contributed by atoms with Crippen LogP contribution in [0.15, 0.2) is 60.7 Å². The number of hydrogen-bond acceptors (Lipinski definition) is 4. The maximum atomic E-state index is 6.03. The van der Waals surface area contributed by atoms with E-state index in [2.05, 4.69) is 27.3 Å². The first-order chi connectivity index (χ1) is 12.7. The Morgan fingerprint density at radius 3 is 2.50 bits per heavy atom. The number of rotatable bonds is 2. The van der Waals surface area contributed by atoms with Crippen LogP contribution in [-0.2, 0) is 0 Å². The maximum Gasteiger partial charge on any atom is 0.214 e. The molecule has 0 aliphatic heterocycles. The van der Waals surface area contributed by atoms with E-state index in [1.807, 2.05) is 48.5 Å². The summed E-state index contributed by atoms with van der Waals surface area (Å²) in [4.78, 5) is 8.34. The molecule has 0 fully saturated rings. The Balaban J connectivity index is 1.92. The summed E-state index contributed by atoms with van der Waals surface area (Å²) in [6.07, 6.45) is 0. The van der Waals surface area contributed by atoms with Gasteiger partial charge >= 0.3 is 0 Å². The van der Waals surface area contributed by atoms with Gasteiger partial charge in [-0.3, -0.25) is 0 Å². The highest BCUT2D eigenvalue weighted by molar-refractivity contribution is 7.71. The van der Waals surface area contributed by atoms with E-state index in [1.54, 1.807) is 0 Å². The van der Waals surface area contributed by atoms with Gasteiger partial charge in [-0.25, -0.2) is 14.8 Å². The molecule has 4 N–H and O–H groups in total. The van der Waals surface area contributed by atoms with Crippen molar-refractivity contribution in [3.05, 3.63) is 65.4 Å². The topological polar surface area (TPSA) is 88.3 Å². The molecule has 2 aromatic carbocycles. The summed E-state index contributed by atoms with van der Waals surface area (Å²) in [7, 11) is 0. The maximum absolute atomic E-state index is 6.03. The molecule has 0 radical (unpaired) electrons. The van der Waals surface area contributed by atoms with Crippen LogP contribution in [0.25, 0.3) is 44.6 Å². The van der Waals surface area contributed by atoms with Crippen molar-refractivity contribution in [2.45, 2.75) is 0 Å². The molecule has 0 saturated heterocycles. The highest BCUT2D eigenvalue weighted by Gasteiger charge is 2.16. The standard InChI is InChI=1S/C19H14N6S/c20-25-18(23-24-19(25)26)15-10-13-12-8-4-5-9-14(12)21-17(13)16(22-15)11-6-2-1-3-7-11/h1-10,21H,20H2,(H,24,26). The van der Waals surface area contributed by atoms with Crippen molar-refractivity contribution < 1.29 is 0 Å². The Hall–Kier alpha value is -3.45. The lowest BCUT2D eigenvalue weighted by Crippen LogP contribution is -2.10. The molecule has 0 spiro atoms. The van der Waals surface area contributed by atoms with Gasteiger partial charge in [-0.15, -0.1) is 0 Å². The Bertz CT molecular complexity index is 1310. The summed E-state index contributed by atoms with van der Waals surface area (Å²) in [5.74, 6) is 6.53. The minimum Gasteiger partial charge on any atom is -0.353 e. The quantitative estimate of drug-likeness (QED) is 0.328. The molecule has 26 heavy (non-hydrogen) atoms. The summed E-state index contributed by atoms with van der Waals surface area (Å²) in [6.45, 7) is 0. The molecule has 3 heterocycles. The molecule has 6 nitrogen and oxygen atoms in total. The monoisotopic (exact) mass is 358 g/mol. The second-order valence-electron chi connectivity index (χ2n) is 6.04. The highest BCUT2D eigenvalue weighted by atomic mass is 32.1. The van der Waals surface area contributed by atoms with Crippen LogP contribution in [0.3, 0.4) is 0 Å². The molecule has 126 valence electrons. The second-order valence-corrected chi connectivity index (χ2v) is 6.42. The van der Waals surface area contributed by atoms with Gasteiger partial charge in [-0.05, 0) is 24.4 Å². The summed E-state index contributed by atoms with van der Waals surface area (Å²) in [5, 5.41) is 9.15. The van der Waals surface area contributed by atoms with Crippen molar-refractivity contribution in [1.82, 2.24) is 24.8 Å². The number of hydrogen-bond donors (Lipinski definition) is 3. The van der Waals surface area contributed by atoms with Crippen LogP contribution in [0, 0.1) is 4.77 Å². The lowest BCUT2D eigenvalue weighted by molar-refractivity contribution is 0.978. The summed E-state index contributed by atoms with van der Waals surface area (Å²) in [5.41, 5.74) is 4.58. The minimum absolute atomic E-state index is 0.349. The van der Waals surface area contributed by atoms with Crippen LogP contribution in [0.1, 0.15) is 0 Å². The molecule has 3 aromatic heterocycles. The van der Waals surface area contributed by atoms with E-state index in [0.717, 1.165) is 33.1 Å². The molecule has 0 amide bonds. The van der Waals surface area contributed by atoms with E-state index < -0.39 is 0 Å². The molecule has 0 unspecified atom stereocenters. The highest BCUT2D eigenvalue weighted by Crippen LogP contribution is 2.34. The number of para-hydroxylation sites is 1. The second kappa shape index (κ2) is 5.53. The molecule has 0 aliphatic rings. The molecular weight excluding hydrogens is 344 g/mol. The van der Waals surface area contributed by atoms with Gasteiger partial charge in [-0.2, -0.15) is 5.10 Å². The Labute approximate surface area is 153 Å². The lowest BCUT2D eigenvalue weighted by atomic mass is 10.1. The van der Waals surface area contributed by atoms with Crippen LogP contribution in [0.5, 0.6) is 0 Å². The number of nitrogens with two attached hydrogens (primary N) is 1. The minimum atomic E-state index is 0.349. The van der Waals surface area contributed by atoms with Crippen molar-refractivity contribution in [3.63, 3.8) is 0 Å². The molecule has 0 saturated carbocycles. The number of pyridine rings is 1. The van der Waals surface area contributed by atoms with Gasteiger partial charge in [0.15, 0.2) is 5.82 Å². The Morgan fingerprint density at radius 1 is 0.962 bits per heavy atom. The first-order valence-electron chi connectivity index (χ1n) is 8.12. The molecule has 0 atom stereocenters. The van der Waals surface area contributed by atoms with Crippen LogP contribution >= 0.6 is 12.2 Å². The zero-order valence-electron chi connectivity index (χ0n) is 13.6. The van der Waals surface area contributed by atoms with Gasteiger partial charge in [0, 0.05) is 21.9 Å². The number of H-pyrrole nitrogens is 2. The Morgan fingerprint density at radius 2 is 1.73 bits per heavy atom. The molecule has 0 bridgehead atoms. The smallest absolute Gasteiger partial charge is 0.214 e. The normalized spacial score (nSPS) is 11.4. The van der Waals surface area contributed by atoms with Gasteiger partial charge in [0.05, 0.1) is 11.2 Å². The number of fused-ring (bicyclic) bond motifs is 3. The average Bonchev–Trinajstić information content (AvgIpc) is 3.22. The largest absolute Gasteiger partial charge is 0.353 e. The van der Waals surface area contributed by atoms with Crippen molar-refractivity contribution in [2.75, 3.05) is 5.84 Å². The SMILES string of the molecule is Nn1c(-c2cc3c([nH]c4ccccc43)c(-c3ccccc3)n2)n[nH]c1=S. The molecule has 7 heteroatoms. The third kappa shape index (κ3) is 2.14. The van der Waals surface area contributed by atoms with Crippen molar-refractivity contribution in [3.8, 4) is 22.8 Å². The van der Waals surface area contributed by atoms with Crippen LogP contribution in [0.4, 0.5) is 0 Å². The van der Waals surface area contributed by atoms with Gasteiger partial charge in [-0.1, -0.05) is 48.5 Å². The summed E-state index contributed by atoms with van der Waals surface area (Å²) < 4.78 is 1.69. The van der Waals surface area contributed by atoms with Crippen LogP contribution in [0.2, 0.25) is 0 Å². The van der Waals surface area contributed by atoms with Crippen molar-refractivity contribution in [1.29, 1.82) is 0 Å². The molecular formula is C19H14N6S. The first kappa shape index (κ1) is 14.9. The number of aromatic nitrogens is 5. The Kier molecular flexibility index (Phi) is 3.16. The third-order valence-electron chi connectivity index (χ3n) is 4.48. The van der Waals surface area contributed by atoms with Crippen molar-refractivity contribution >= 4 is 34.0 Å². The van der Waals surface area contributed by atoms with E-state index in [9.17, 15) is 0 Å². The van der Waals surface area contributed by atoms with E-state index in [-0.39, 0.29) is 0 Å². The van der Waals surface area contributed by atoms with Crippen LogP contribution in [-0.4, -0.2) is 24.8 Å². The lowest BCUT2D eigenvalue weighted by Gasteiger charge is -2.07. The molecule has 5 rings (SSSR count). The fourth-order valence-electron chi connectivity index (χ4n) is 3.25. The van der Waals surface area contributed by atoms with Gasteiger partial charge in [0.25, 0.3) is 0 Å². The fourth-order valence-corrected chi connectivity index (χ4v) is 3.38. The number of nitrogen functional groups attached to an aromatic ring is 1. The van der Waals surface area contributed by atoms with E-state index >= 15 is 0 Å². The van der Waals surface area contributed by atoms with Gasteiger partial charge < -0.3 is 10.8 Å². The van der Waals surface area contributed by atoms with E-state index in [0.29, 0.717) is 16.3 Å². The predicted octanol–water partition coefficient (Wildman–Crippen LogP) is 4.02. The number of nitrogens with zero attached hydrogens (tertiary/aromatic N) is 3. The summed E-state index contributed by atoms with van der Waals surface area (Å²) in [6, 6.07) is 20.2. The molecule has 5 aromatic rings. The number of nitrogens with one attached hydrogen (secondary N) is 2. The zero-order chi connectivity index (χ0) is 17.7. The molecule has 0 aliphatic carbocycles. The summed E-state index contributed by atoms with van der Waals surface area (Å²) >= 11 is 5.14. The third-order valence-corrected chi connectivity index (χ3v) is 4.77. The first-order valence-corrected chi connectivity index (χ1v) is 8.53. The fraction of sp³-hybridized carbons (Fsp3) is 0. The predicted molar refractivity (Wildman–Crippen MR) is 106 cm³/mol. The van der Waals surface area contributed by atoms with E-state index in [4.69, 9.17) is 23.0 Å². The van der Waals surface area contributed by atoms with Crippen LogP contribution < -0.4 is 5.84 Å². The van der Waals surface area contributed by atoms with E-state index in [1.165, 1.54) is 4.68 Å². The van der Waals surface area contributed by atoms with Crippen molar-refractivity contribution in [2.24, 2.45) is 0 Å². The number of aromatic amines is 2. The zero-order valence-corrected chi connectivity index (χ0v) is 14.4. The number of benzene rings is 2.